The molecule has 2 nitrogen and oxygen atoms in total. The Hall–Kier alpha value is -0.890. The first-order valence-electron chi connectivity index (χ1n) is 5.05. The van der Waals surface area contributed by atoms with Gasteiger partial charge in [0.25, 0.3) is 0 Å². The summed E-state index contributed by atoms with van der Waals surface area (Å²) in [6.45, 7) is 2.37. The summed E-state index contributed by atoms with van der Waals surface area (Å²) in [7, 11) is 0. The van der Waals surface area contributed by atoms with E-state index < -0.39 is 0 Å². The summed E-state index contributed by atoms with van der Waals surface area (Å²) in [5.41, 5.74) is 1.38. The number of nitrogens with one attached hydrogen (secondary N) is 1. The Bertz CT molecular complexity index is 240. The van der Waals surface area contributed by atoms with Crippen LogP contribution in [-0.2, 0) is 6.42 Å². The molecule has 0 saturated carbocycles. The molecule has 0 spiro atoms. The van der Waals surface area contributed by atoms with Gasteiger partial charge in [-0.15, -0.1) is 0 Å². The zero-order valence-corrected chi connectivity index (χ0v) is 7.87. The molecule has 0 amide bonds. The van der Waals surface area contributed by atoms with E-state index >= 15 is 0 Å². The van der Waals surface area contributed by atoms with Gasteiger partial charge in [0.2, 0.25) is 0 Å². The summed E-state index contributed by atoms with van der Waals surface area (Å²) in [6.07, 6.45) is 7.66. The monoisotopic (exact) mass is 176 g/mol. The van der Waals surface area contributed by atoms with Crippen molar-refractivity contribution in [2.24, 2.45) is 5.92 Å². The van der Waals surface area contributed by atoms with E-state index in [1.807, 2.05) is 18.5 Å². The van der Waals surface area contributed by atoms with E-state index in [1.54, 1.807) is 0 Å². The van der Waals surface area contributed by atoms with Gasteiger partial charge in [-0.2, -0.15) is 0 Å². The molecule has 1 aliphatic rings. The Labute approximate surface area is 79.4 Å². The van der Waals surface area contributed by atoms with Crippen molar-refractivity contribution in [2.45, 2.75) is 19.3 Å². The van der Waals surface area contributed by atoms with Gasteiger partial charge in [0.15, 0.2) is 0 Å². The van der Waals surface area contributed by atoms with Gasteiger partial charge in [-0.05, 0) is 49.9 Å². The van der Waals surface area contributed by atoms with E-state index in [-0.39, 0.29) is 0 Å². The fraction of sp³-hybridized carbons (Fsp3) is 0.545. The molecule has 0 radical (unpaired) electrons. The van der Waals surface area contributed by atoms with Gasteiger partial charge < -0.3 is 5.32 Å². The van der Waals surface area contributed by atoms with Gasteiger partial charge in [-0.25, -0.2) is 0 Å². The number of aromatic nitrogens is 1. The average molecular weight is 176 g/mol. The minimum Gasteiger partial charge on any atom is -0.317 e. The zero-order chi connectivity index (χ0) is 8.93. The van der Waals surface area contributed by atoms with Crippen molar-refractivity contribution in [3.05, 3.63) is 30.1 Å². The third-order valence-corrected chi connectivity index (χ3v) is 2.71. The molecule has 0 atom stereocenters. The molecule has 0 aliphatic carbocycles. The lowest BCUT2D eigenvalue weighted by Gasteiger charge is -2.22. The summed E-state index contributed by atoms with van der Waals surface area (Å²) >= 11 is 0. The summed E-state index contributed by atoms with van der Waals surface area (Å²) in [5, 5.41) is 3.38. The maximum absolute atomic E-state index is 4.13. The fourth-order valence-electron chi connectivity index (χ4n) is 1.94. The summed E-state index contributed by atoms with van der Waals surface area (Å²) in [6, 6.07) is 4.20. The standard InChI is InChI=1S/C11H16N2/c1-2-11(9-13-5-1)8-10-3-6-12-7-4-10/h1-2,5,9-10,12H,3-4,6-8H2. The first-order chi connectivity index (χ1) is 6.45. The van der Waals surface area contributed by atoms with Crippen molar-refractivity contribution in [3.8, 4) is 0 Å². The Morgan fingerprint density at radius 1 is 1.38 bits per heavy atom. The van der Waals surface area contributed by atoms with Crippen LogP contribution in [-0.4, -0.2) is 18.1 Å². The molecule has 70 valence electrons. The first kappa shape index (κ1) is 8.70. The number of pyridine rings is 1. The number of rotatable bonds is 2. The van der Waals surface area contributed by atoms with E-state index in [9.17, 15) is 0 Å². The maximum Gasteiger partial charge on any atom is 0.0299 e. The fourth-order valence-corrected chi connectivity index (χ4v) is 1.94. The van der Waals surface area contributed by atoms with Crippen LogP contribution in [0.15, 0.2) is 24.5 Å². The molecule has 1 saturated heterocycles. The Kier molecular flexibility index (Phi) is 2.93. The highest BCUT2D eigenvalue weighted by Gasteiger charge is 2.12. The minimum atomic E-state index is 0.866. The van der Waals surface area contributed by atoms with Gasteiger partial charge >= 0.3 is 0 Å². The maximum atomic E-state index is 4.13. The predicted octanol–water partition coefficient (Wildman–Crippen LogP) is 1.62. The first-order valence-corrected chi connectivity index (χ1v) is 5.05. The normalized spacial score (nSPS) is 18.8. The highest BCUT2D eigenvalue weighted by molar-refractivity contribution is 5.09. The molecule has 0 aromatic carbocycles. The van der Waals surface area contributed by atoms with Crippen LogP contribution in [0.3, 0.4) is 0 Å². The van der Waals surface area contributed by atoms with E-state index in [1.165, 1.54) is 37.9 Å². The number of hydrogen-bond acceptors (Lipinski definition) is 2. The van der Waals surface area contributed by atoms with Gasteiger partial charge in [-0.3, -0.25) is 4.98 Å². The van der Waals surface area contributed by atoms with Crippen molar-refractivity contribution >= 4 is 0 Å². The molecular formula is C11H16N2. The van der Waals surface area contributed by atoms with Gasteiger partial charge in [0.1, 0.15) is 0 Å². The van der Waals surface area contributed by atoms with Crippen LogP contribution in [0.5, 0.6) is 0 Å². The van der Waals surface area contributed by atoms with Crippen LogP contribution < -0.4 is 5.32 Å². The average Bonchev–Trinajstić information content (AvgIpc) is 2.21. The van der Waals surface area contributed by atoms with Crippen LogP contribution in [0.1, 0.15) is 18.4 Å². The van der Waals surface area contributed by atoms with E-state index in [4.69, 9.17) is 0 Å². The Balaban J connectivity index is 1.90. The highest BCUT2D eigenvalue weighted by Crippen LogP contribution is 2.16. The molecule has 0 unspecified atom stereocenters. The molecular weight excluding hydrogens is 160 g/mol. The quantitative estimate of drug-likeness (QED) is 0.740. The highest BCUT2D eigenvalue weighted by atomic mass is 14.9. The molecule has 1 aliphatic heterocycles. The zero-order valence-electron chi connectivity index (χ0n) is 7.87. The number of hydrogen-bond donors (Lipinski definition) is 1. The van der Waals surface area contributed by atoms with Gasteiger partial charge in [0, 0.05) is 12.4 Å². The Morgan fingerprint density at radius 3 is 2.92 bits per heavy atom. The molecule has 1 fully saturated rings. The topological polar surface area (TPSA) is 24.9 Å². The van der Waals surface area contributed by atoms with E-state index in [0.29, 0.717) is 0 Å². The van der Waals surface area contributed by atoms with Gasteiger partial charge in [-0.1, -0.05) is 6.07 Å². The second-order valence-corrected chi connectivity index (χ2v) is 3.76. The third-order valence-electron chi connectivity index (χ3n) is 2.71. The number of nitrogens with zero attached hydrogens (tertiary/aromatic N) is 1. The molecule has 1 aromatic heterocycles. The molecule has 0 bridgehead atoms. The Morgan fingerprint density at radius 2 is 2.23 bits per heavy atom. The van der Waals surface area contributed by atoms with Crippen LogP contribution in [0, 0.1) is 5.92 Å². The summed E-state index contributed by atoms with van der Waals surface area (Å²) in [4.78, 5) is 4.13. The SMILES string of the molecule is c1cncc(CC2CCNCC2)c1. The summed E-state index contributed by atoms with van der Waals surface area (Å²) in [5.74, 6) is 0.866. The molecule has 2 rings (SSSR count). The molecule has 1 N–H and O–H groups in total. The van der Waals surface area contributed by atoms with Crippen LogP contribution in [0.4, 0.5) is 0 Å². The van der Waals surface area contributed by atoms with Crippen molar-refractivity contribution in [3.63, 3.8) is 0 Å². The van der Waals surface area contributed by atoms with Crippen LogP contribution in [0.25, 0.3) is 0 Å². The third kappa shape index (κ3) is 2.52. The smallest absolute Gasteiger partial charge is 0.0299 e. The van der Waals surface area contributed by atoms with Crippen LogP contribution >= 0.6 is 0 Å². The van der Waals surface area contributed by atoms with Crippen molar-refractivity contribution in [1.29, 1.82) is 0 Å². The van der Waals surface area contributed by atoms with Crippen LogP contribution in [0.2, 0.25) is 0 Å². The molecule has 1 aromatic rings. The predicted molar refractivity (Wildman–Crippen MR) is 53.5 cm³/mol. The van der Waals surface area contributed by atoms with Gasteiger partial charge in [0.05, 0.1) is 0 Å². The second-order valence-electron chi connectivity index (χ2n) is 3.76. The number of piperidine rings is 1. The summed E-state index contributed by atoms with van der Waals surface area (Å²) < 4.78 is 0. The lowest BCUT2D eigenvalue weighted by atomic mass is 9.92. The van der Waals surface area contributed by atoms with Crippen molar-refractivity contribution in [2.75, 3.05) is 13.1 Å². The second kappa shape index (κ2) is 4.38. The lowest BCUT2D eigenvalue weighted by Crippen LogP contribution is -2.28. The molecule has 2 heteroatoms. The molecule has 13 heavy (non-hydrogen) atoms. The lowest BCUT2D eigenvalue weighted by molar-refractivity contribution is 0.372. The minimum absolute atomic E-state index is 0.866. The van der Waals surface area contributed by atoms with Crippen molar-refractivity contribution in [1.82, 2.24) is 10.3 Å². The van der Waals surface area contributed by atoms with E-state index in [0.717, 1.165) is 5.92 Å². The molecule has 2 heterocycles. The van der Waals surface area contributed by atoms with E-state index in [2.05, 4.69) is 16.4 Å². The van der Waals surface area contributed by atoms with Crippen molar-refractivity contribution < 1.29 is 0 Å². The largest absolute Gasteiger partial charge is 0.317 e.